The van der Waals surface area contributed by atoms with Crippen LogP contribution in [0.15, 0.2) is 18.2 Å². The molecule has 0 saturated carbocycles. The first-order valence-electron chi connectivity index (χ1n) is 7.12. The van der Waals surface area contributed by atoms with E-state index in [4.69, 9.17) is 0 Å². The summed E-state index contributed by atoms with van der Waals surface area (Å²) in [5.74, 6) is 1.46. The fourth-order valence-electron chi connectivity index (χ4n) is 3.65. The smallest absolute Gasteiger partial charge is 0.0346 e. The molecule has 2 unspecified atom stereocenters. The molecule has 0 spiro atoms. The van der Waals surface area contributed by atoms with Gasteiger partial charge in [0.15, 0.2) is 0 Å². The lowest BCUT2D eigenvalue weighted by molar-refractivity contribution is 0.363. The predicted octanol–water partition coefficient (Wildman–Crippen LogP) is 3.80. The summed E-state index contributed by atoms with van der Waals surface area (Å²) >= 11 is 0. The molecule has 1 aliphatic heterocycles. The largest absolute Gasteiger partial charge is 0.309 e. The summed E-state index contributed by atoms with van der Waals surface area (Å²) in [6.45, 7) is 5.84. The molecule has 1 aromatic rings. The summed E-state index contributed by atoms with van der Waals surface area (Å²) in [4.78, 5) is 0. The highest BCUT2D eigenvalue weighted by Crippen LogP contribution is 2.40. The van der Waals surface area contributed by atoms with E-state index in [1.165, 1.54) is 32.2 Å². The maximum absolute atomic E-state index is 3.76. The van der Waals surface area contributed by atoms with Gasteiger partial charge in [-0.1, -0.05) is 38.5 Å². The van der Waals surface area contributed by atoms with Crippen molar-refractivity contribution in [2.75, 3.05) is 6.54 Å². The molecule has 0 aromatic heterocycles. The van der Waals surface area contributed by atoms with Crippen LogP contribution in [0.25, 0.3) is 0 Å². The minimum atomic E-state index is 0.569. The van der Waals surface area contributed by atoms with Crippen molar-refractivity contribution >= 4 is 0 Å². The number of benzene rings is 1. The Hall–Kier alpha value is -0.820. The molecule has 1 nitrogen and oxygen atoms in total. The fraction of sp³-hybridized carbons (Fsp3) is 0.625. The van der Waals surface area contributed by atoms with Gasteiger partial charge in [0.2, 0.25) is 0 Å². The van der Waals surface area contributed by atoms with Gasteiger partial charge in [0.1, 0.15) is 0 Å². The highest BCUT2D eigenvalue weighted by atomic mass is 14.9. The van der Waals surface area contributed by atoms with Crippen molar-refractivity contribution in [3.8, 4) is 0 Å². The number of hydrogen-bond acceptors (Lipinski definition) is 1. The third-order valence-electron chi connectivity index (χ3n) is 4.47. The Morgan fingerprint density at radius 2 is 2.12 bits per heavy atom. The lowest BCUT2D eigenvalue weighted by Gasteiger charge is -2.35. The number of rotatable bonds is 1. The third-order valence-corrected chi connectivity index (χ3v) is 4.47. The van der Waals surface area contributed by atoms with E-state index in [1.807, 2.05) is 0 Å². The molecule has 1 N–H and O–H groups in total. The van der Waals surface area contributed by atoms with Crippen LogP contribution in [0.1, 0.15) is 61.8 Å². The summed E-state index contributed by atoms with van der Waals surface area (Å²) in [6.07, 6.45) is 5.44. The molecule has 92 valence electrons. The van der Waals surface area contributed by atoms with Gasteiger partial charge >= 0.3 is 0 Å². The zero-order valence-electron chi connectivity index (χ0n) is 11.0. The fourth-order valence-corrected chi connectivity index (χ4v) is 3.65. The molecule has 2 atom stereocenters. The molecule has 0 fully saturated rings. The van der Waals surface area contributed by atoms with Crippen LogP contribution >= 0.6 is 0 Å². The third kappa shape index (κ3) is 1.91. The van der Waals surface area contributed by atoms with Crippen molar-refractivity contribution < 1.29 is 0 Å². The van der Waals surface area contributed by atoms with Crippen molar-refractivity contribution in [1.82, 2.24) is 5.32 Å². The average Bonchev–Trinajstić information content (AvgIpc) is 2.54. The zero-order valence-corrected chi connectivity index (χ0v) is 11.0. The minimum Gasteiger partial charge on any atom is -0.309 e. The van der Waals surface area contributed by atoms with Crippen LogP contribution in [-0.2, 0) is 6.42 Å². The van der Waals surface area contributed by atoms with Crippen LogP contribution in [0.5, 0.6) is 0 Å². The minimum absolute atomic E-state index is 0.569. The second-order valence-electron chi connectivity index (χ2n) is 5.99. The molecule has 0 radical (unpaired) electrons. The van der Waals surface area contributed by atoms with Crippen molar-refractivity contribution in [1.29, 1.82) is 0 Å². The highest BCUT2D eigenvalue weighted by molar-refractivity contribution is 5.43. The number of hydrogen-bond donors (Lipinski definition) is 1. The van der Waals surface area contributed by atoms with Gasteiger partial charge < -0.3 is 5.32 Å². The summed E-state index contributed by atoms with van der Waals surface area (Å²) < 4.78 is 0. The molecule has 3 rings (SSSR count). The van der Waals surface area contributed by atoms with Gasteiger partial charge in [-0.2, -0.15) is 0 Å². The van der Waals surface area contributed by atoms with Crippen molar-refractivity contribution in [3.63, 3.8) is 0 Å². The Bertz CT molecular complexity index is 408. The Kier molecular flexibility index (Phi) is 2.96. The number of aryl methyl sites for hydroxylation is 1. The zero-order chi connectivity index (χ0) is 11.8. The van der Waals surface area contributed by atoms with Crippen LogP contribution < -0.4 is 5.32 Å². The van der Waals surface area contributed by atoms with Crippen LogP contribution in [0.3, 0.4) is 0 Å². The predicted molar refractivity (Wildman–Crippen MR) is 72.3 cm³/mol. The van der Waals surface area contributed by atoms with E-state index in [1.54, 1.807) is 16.7 Å². The standard InChI is InChI=1S/C16H23N/c1-11(2)16-14-9-5-8-12-6-3-4-7-13(10-17-16)15(12)14/h5,8-9,11,13,16-17H,3-4,6-7,10H2,1-2H3. The van der Waals surface area contributed by atoms with E-state index < -0.39 is 0 Å². The van der Waals surface area contributed by atoms with E-state index in [9.17, 15) is 0 Å². The van der Waals surface area contributed by atoms with Crippen molar-refractivity contribution in [2.45, 2.75) is 51.5 Å². The molecular formula is C16H23N. The second kappa shape index (κ2) is 4.45. The van der Waals surface area contributed by atoms with Gasteiger partial charge in [0.05, 0.1) is 0 Å². The Labute approximate surface area is 105 Å². The molecule has 2 aliphatic rings. The van der Waals surface area contributed by atoms with Crippen LogP contribution in [-0.4, -0.2) is 6.54 Å². The van der Waals surface area contributed by atoms with Gasteiger partial charge in [0.25, 0.3) is 0 Å². The molecule has 1 heteroatoms. The first-order valence-corrected chi connectivity index (χ1v) is 7.12. The van der Waals surface area contributed by atoms with E-state index in [2.05, 4.69) is 37.4 Å². The lowest BCUT2D eigenvalue weighted by atomic mass is 9.79. The van der Waals surface area contributed by atoms with E-state index >= 15 is 0 Å². The average molecular weight is 229 g/mol. The molecule has 1 aliphatic carbocycles. The maximum Gasteiger partial charge on any atom is 0.0346 e. The van der Waals surface area contributed by atoms with E-state index in [-0.39, 0.29) is 0 Å². The first kappa shape index (κ1) is 11.3. The van der Waals surface area contributed by atoms with Crippen molar-refractivity contribution in [3.05, 3.63) is 34.9 Å². The number of nitrogens with one attached hydrogen (secondary N) is 1. The summed E-state index contributed by atoms with van der Waals surface area (Å²) in [7, 11) is 0. The Morgan fingerprint density at radius 3 is 2.94 bits per heavy atom. The molecule has 1 aromatic carbocycles. The normalized spacial score (nSPS) is 27.7. The maximum atomic E-state index is 3.76. The lowest BCUT2D eigenvalue weighted by Crippen LogP contribution is -2.36. The molecule has 0 bridgehead atoms. The summed E-state index contributed by atoms with van der Waals surface area (Å²) in [5.41, 5.74) is 4.94. The molecule has 1 heterocycles. The topological polar surface area (TPSA) is 12.0 Å². The molecule has 0 saturated heterocycles. The van der Waals surface area contributed by atoms with Crippen LogP contribution in [0, 0.1) is 5.92 Å². The summed E-state index contributed by atoms with van der Waals surface area (Å²) in [5, 5.41) is 3.76. The monoisotopic (exact) mass is 229 g/mol. The van der Waals surface area contributed by atoms with Gasteiger partial charge in [-0.15, -0.1) is 0 Å². The second-order valence-corrected chi connectivity index (χ2v) is 5.99. The first-order chi connectivity index (χ1) is 8.27. The molecule has 0 amide bonds. The molecule has 17 heavy (non-hydrogen) atoms. The van der Waals surface area contributed by atoms with E-state index in [0.29, 0.717) is 12.0 Å². The highest BCUT2D eigenvalue weighted by Gasteiger charge is 2.30. The van der Waals surface area contributed by atoms with E-state index in [0.717, 1.165) is 5.92 Å². The van der Waals surface area contributed by atoms with Gasteiger partial charge in [0, 0.05) is 12.6 Å². The SMILES string of the molecule is CC(C)C1NCC2CCCCc3cccc1c32. The van der Waals surface area contributed by atoms with Crippen molar-refractivity contribution in [2.24, 2.45) is 5.92 Å². The Balaban J connectivity index is 2.10. The molecular weight excluding hydrogens is 206 g/mol. The summed E-state index contributed by atoms with van der Waals surface area (Å²) in [6, 6.07) is 7.55. The van der Waals surface area contributed by atoms with Crippen LogP contribution in [0.2, 0.25) is 0 Å². The van der Waals surface area contributed by atoms with Gasteiger partial charge in [-0.25, -0.2) is 0 Å². The van der Waals surface area contributed by atoms with Crippen LogP contribution in [0.4, 0.5) is 0 Å². The quantitative estimate of drug-likeness (QED) is 0.772. The van der Waals surface area contributed by atoms with Gasteiger partial charge in [-0.05, 0) is 47.8 Å². The Morgan fingerprint density at radius 1 is 1.24 bits per heavy atom. The van der Waals surface area contributed by atoms with Gasteiger partial charge in [-0.3, -0.25) is 0 Å².